The zero-order chi connectivity index (χ0) is 22.9. The summed E-state index contributed by atoms with van der Waals surface area (Å²) in [5.41, 5.74) is 2.06. The minimum atomic E-state index is -0.590. The van der Waals surface area contributed by atoms with Gasteiger partial charge in [-0.3, -0.25) is 4.79 Å². The molecule has 1 aliphatic heterocycles. The van der Waals surface area contributed by atoms with E-state index in [4.69, 9.17) is 21.1 Å². The Labute approximate surface area is 197 Å². The van der Waals surface area contributed by atoms with Gasteiger partial charge in [-0.25, -0.2) is 14.4 Å². The lowest BCUT2D eigenvalue weighted by molar-refractivity contribution is 0.0949. The number of rotatable bonds is 6. The number of halogens is 2. The number of hydrogen-bond donors (Lipinski definition) is 2. The van der Waals surface area contributed by atoms with Gasteiger partial charge in [0.2, 0.25) is 17.0 Å². The maximum absolute atomic E-state index is 12.6. The molecule has 1 atom stereocenters. The Morgan fingerprint density at radius 3 is 3.00 bits per heavy atom. The Bertz CT molecular complexity index is 1370. The molecular formula is C22H19ClFN5O3S. The lowest BCUT2D eigenvalue weighted by Crippen LogP contribution is -2.34. The summed E-state index contributed by atoms with van der Waals surface area (Å²) in [5, 5.41) is 8.28. The Morgan fingerprint density at radius 2 is 2.15 bits per heavy atom. The molecule has 5 rings (SSSR count). The molecule has 3 aromatic heterocycles. The number of nitrogens with zero attached hydrogens (tertiary/aromatic N) is 3. The van der Waals surface area contributed by atoms with Crippen LogP contribution in [-0.4, -0.2) is 46.7 Å². The second-order valence-electron chi connectivity index (χ2n) is 7.53. The largest absolute Gasteiger partial charge is 0.420 e. The van der Waals surface area contributed by atoms with Crippen LogP contribution in [0.4, 0.5) is 10.1 Å². The van der Waals surface area contributed by atoms with E-state index in [1.165, 1.54) is 17.5 Å². The van der Waals surface area contributed by atoms with Crippen LogP contribution in [0.5, 0.6) is 11.8 Å². The molecule has 0 fully saturated rings. The Hall–Kier alpha value is -3.08. The van der Waals surface area contributed by atoms with E-state index in [1.807, 2.05) is 25.1 Å². The molecule has 0 aliphatic carbocycles. The van der Waals surface area contributed by atoms with Gasteiger partial charge in [-0.05, 0) is 36.7 Å². The van der Waals surface area contributed by atoms with E-state index in [-0.39, 0.29) is 36.3 Å². The zero-order valence-electron chi connectivity index (χ0n) is 17.5. The molecule has 170 valence electrons. The molecule has 0 saturated carbocycles. The van der Waals surface area contributed by atoms with Crippen LogP contribution in [0.15, 0.2) is 30.5 Å². The van der Waals surface area contributed by atoms with Gasteiger partial charge in [-0.2, -0.15) is 4.98 Å². The van der Waals surface area contributed by atoms with Crippen molar-refractivity contribution in [1.82, 2.24) is 20.3 Å². The van der Waals surface area contributed by atoms with Crippen molar-refractivity contribution in [3.05, 3.63) is 46.2 Å². The normalized spacial score (nSPS) is 15.7. The Kier molecular flexibility index (Phi) is 5.96. The number of benzene rings is 1. The highest BCUT2D eigenvalue weighted by Crippen LogP contribution is 2.41. The van der Waals surface area contributed by atoms with Crippen molar-refractivity contribution in [1.29, 1.82) is 0 Å². The van der Waals surface area contributed by atoms with Gasteiger partial charge in [-0.1, -0.05) is 0 Å². The molecule has 8 nitrogen and oxygen atoms in total. The number of hydrogen-bond acceptors (Lipinski definition) is 8. The molecule has 4 heterocycles. The van der Waals surface area contributed by atoms with E-state index in [0.29, 0.717) is 28.4 Å². The van der Waals surface area contributed by atoms with Gasteiger partial charge in [-0.15, -0.1) is 11.3 Å². The van der Waals surface area contributed by atoms with Gasteiger partial charge in [0.15, 0.2) is 0 Å². The van der Waals surface area contributed by atoms with Crippen molar-refractivity contribution in [3.8, 4) is 11.8 Å². The van der Waals surface area contributed by atoms with E-state index in [0.717, 1.165) is 21.2 Å². The molecule has 1 amide bonds. The second-order valence-corrected chi connectivity index (χ2v) is 8.92. The minimum absolute atomic E-state index is 0.0151. The zero-order valence-corrected chi connectivity index (χ0v) is 19.1. The summed E-state index contributed by atoms with van der Waals surface area (Å²) in [4.78, 5) is 25.9. The number of alkyl halides is 1. The summed E-state index contributed by atoms with van der Waals surface area (Å²) < 4.78 is 24.5. The lowest BCUT2D eigenvalue weighted by atomic mass is 10.1. The monoisotopic (exact) mass is 487 g/mol. The van der Waals surface area contributed by atoms with Crippen LogP contribution < -0.4 is 15.4 Å². The molecule has 0 spiro atoms. The average Bonchev–Trinajstić information content (AvgIpc) is 3.12. The fraction of sp³-hybridized carbons (Fsp3) is 0.273. The number of thiophene rings is 1. The van der Waals surface area contributed by atoms with Gasteiger partial charge in [0.25, 0.3) is 5.91 Å². The van der Waals surface area contributed by atoms with E-state index in [1.54, 1.807) is 6.07 Å². The molecule has 2 N–H and O–H groups in total. The third kappa shape index (κ3) is 4.29. The van der Waals surface area contributed by atoms with E-state index < -0.39 is 6.67 Å². The molecule has 0 radical (unpaired) electrons. The SMILES string of the molecule is C[C@H]1CNc2c(sc3ccc4nc(Oc5nc(Cl)ncc5COCCF)ccc4c23)C(=O)N1. The third-order valence-corrected chi connectivity index (χ3v) is 6.48. The van der Waals surface area contributed by atoms with Gasteiger partial charge >= 0.3 is 0 Å². The molecular weight excluding hydrogens is 469 g/mol. The van der Waals surface area contributed by atoms with Crippen LogP contribution in [0.3, 0.4) is 0 Å². The first kappa shape index (κ1) is 21.7. The van der Waals surface area contributed by atoms with Gasteiger partial charge in [0.05, 0.1) is 30.0 Å². The predicted molar refractivity (Wildman–Crippen MR) is 125 cm³/mol. The molecule has 0 saturated heterocycles. The first-order valence-corrected chi connectivity index (χ1v) is 11.5. The number of carbonyl (C=O) groups is 1. The maximum Gasteiger partial charge on any atom is 0.263 e. The standard InChI is InChI=1S/C22H19ClFN5O3S/c1-11-8-25-18-17-13-2-5-16(28-14(13)3-4-15(17)33-19(18)20(30)27-11)32-21-12(10-31-7-6-24)9-26-22(23)29-21/h2-5,9,11,25H,6-8,10H2,1H3,(H,27,30)/t11-/m0/s1. The molecule has 0 unspecified atom stereocenters. The van der Waals surface area contributed by atoms with Crippen LogP contribution >= 0.6 is 22.9 Å². The third-order valence-electron chi connectivity index (χ3n) is 5.14. The first-order valence-electron chi connectivity index (χ1n) is 10.3. The van der Waals surface area contributed by atoms with E-state index >= 15 is 0 Å². The number of aromatic nitrogens is 3. The highest BCUT2D eigenvalue weighted by molar-refractivity contribution is 7.21. The van der Waals surface area contributed by atoms with Crippen molar-refractivity contribution in [2.75, 3.05) is 25.1 Å². The Morgan fingerprint density at radius 1 is 1.27 bits per heavy atom. The highest BCUT2D eigenvalue weighted by atomic mass is 35.5. The van der Waals surface area contributed by atoms with Crippen molar-refractivity contribution in [2.24, 2.45) is 0 Å². The van der Waals surface area contributed by atoms with Gasteiger partial charge in [0.1, 0.15) is 11.6 Å². The number of carbonyl (C=O) groups excluding carboxylic acids is 1. The minimum Gasteiger partial charge on any atom is -0.420 e. The lowest BCUT2D eigenvalue weighted by Gasteiger charge is -2.11. The number of pyridine rings is 1. The summed E-state index contributed by atoms with van der Waals surface area (Å²) in [6, 6.07) is 7.50. The first-order chi connectivity index (χ1) is 16.0. The van der Waals surface area contributed by atoms with Gasteiger partial charge in [0, 0.05) is 40.3 Å². The van der Waals surface area contributed by atoms with Crippen molar-refractivity contribution in [2.45, 2.75) is 19.6 Å². The quantitative estimate of drug-likeness (QED) is 0.300. The van der Waals surface area contributed by atoms with E-state index in [9.17, 15) is 9.18 Å². The fourth-order valence-corrected chi connectivity index (χ4v) is 4.88. The smallest absolute Gasteiger partial charge is 0.263 e. The van der Waals surface area contributed by atoms with Gasteiger partial charge < -0.3 is 20.1 Å². The summed E-state index contributed by atoms with van der Waals surface area (Å²) in [5.74, 6) is 0.426. The highest BCUT2D eigenvalue weighted by Gasteiger charge is 2.25. The Balaban J connectivity index is 1.52. The van der Waals surface area contributed by atoms with Crippen molar-refractivity contribution in [3.63, 3.8) is 0 Å². The van der Waals surface area contributed by atoms with Crippen LogP contribution in [-0.2, 0) is 11.3 Å². The molecule has 4 aromatic rings. The average molecular weight is 488 g/mol. The van der Waals surface area contributed by atoms with Crippen molar-refractivity contribution < 1.29 is 18.7 Å². The molecule has 1 aromatic carbocycles. The second kappa shape index (κ2) is 9.05. The predicted octanol–water partition coefficient (Wildman–Crippen LogP) is 4.72. The van der Waals surface area contributed by atoms with Crippen LogP contribution in [0.2, 0.25) is 5.28 Å². The maximum atomic E-state index is 12.6. The summed E-state index contributed by atoms with van der Waals surface area (Å²) in [6.07, 6.45) is 1.48. The number of ether oxygens (including phenoxy) is 2. The van der Waals surface area contributed by atoms with Crippen LogP contribution in [0.1, 0.15) is 22.2 Å². The number of anilines is 1. The van der Waals surface area contributed by atoms with Crippen LogP contribution in [0.25, 0.3) is 21.0 Å². The fourth-order valence-electron chi connectivity index (χ4n) is 3.66. The van der Waals surface area contributed by atoms with Crippen molar-refractivity contribution >= 4 is 55.5 Å². The van der Waals surface area contributed by atoms with Crippen LogP contribution in [0, 0.1) is 0 Å². The molecule has 0 bridgehead atoms. The van der Waals surface area contributed by atoms with E-state index in [2.05, 4.69) is 25.6 Å². The number of fused-ring (bicyclic) bond motifs is 5. The molecule has 1 aliphatic rings. The molecule has 11 heteroatoms. The molecule has 33 heavy (non-hydrogen) atoms. The number of nitrogens with one attached hydrogen (secondary N) is 2. The summed E-state index contributed by atoms with van der Waals surface area (Å²) in [6.45, 7) is 2.05. The number of amides is 1. The summed E-state index contributed by atoms with van der Waals surface area (Å²) in [7, 11) is 0. The summed E-state index contributed by atoms with van der Waals surface area (Å²) >= 11 is 7.39. The topological polar surface area (TPSA) is 98.3 Å².